The number of benzene rings is 1. The van der Waals surface area contributed by atoms with Crippen molar-refractivity contribution in [1.29, 1.82) is 0 Å². The molecular weight excluding hydrogens is 272 g/mol. The highest BCUT2D eigenvalue weighted by atomic mass is 35.5. The lowest BCUT2D eigenvalue weighted by molar-refractivity contribution is 0.329. The van der Waals surface area contributed by atoms with E-state index in [0.717, 1.165) is 30.0 Å². The lowest BCUT2D eigenvalue weighted by Gasteiger charge is -2.18. The molecule has 0 spiro atoms. The van der Waals surface area contributed by atoms with E-state index in [1.807, 2.05) is 19.1 Å². The van der Waals surface area contributed by atoms with Crippen LogP contribution in [0.5, 0.6) is 5.75 Å². The van der Waals surface area contributed by atoms with Crippen LogP contribution in [0.2, 0.25) is 5.02 Å². The van der Waals surface area contributed by atoms with Gasteiger partial charge in [0.25, 0.3) is 0 Å². The van der Waals surface area contributed by atoms with Gasteiger partial charge in [-0.2, -0.15) is 0 Å². The molecule has 1 aromatic rings. The Morgan fingerprint density at radius 2 is 2.00 bits per heavy atom. The molecule has 1 fully saturated rings. The fraction of sp³-hybridized carbons (Fsp3) is 0.647. The maximum absolute atomic E-state index is 6.27. The van der Waals surface area contributed by atoms with Gasteiger partial charge in [-0.1, -0.05) is 32.4 Å². The third-order valence-corrected chi connectivity index (χ3v) is 4.08. The fourth-order valence-corrected chi connectivity index (χ4v) is 2.95. The Morgan fingerprint density at radius 3 is 2.55 bits per heavy atom. The van der Waals surface area contributed by atoms with E-state index < -0.39 is 0 Å². The minimum atomic E-state index is 0.412. The molecule has 1 aliphatic rings. The molecule has 1 aromatic carbocycles. The van der Waals surface area contributed by atoms with Crippen molar-refractivity contribution in [2.24, 2.45) is 0 Å². The quantitative estimate of drug-likeness (QED) is 0.662. The summed E-state index contributed by atoms with van der Waals surface area (Å²) in [4.78, 5) is 0. The summed E-state index contributed by atoms with van der Waals surface area (Å²) in [7, 11) is 0. The summed E-state index contributed by atoms with van der Waals surface area (Å²) >= 11 is 6.27. The van der Waals surface area contributed by atoms with Crippen molar-refractivity contribution in [3.8, 4) is 5.75 Å². The Balaban J connectivity index is 2.16. The predicted molar refractivity (Wildman–Crippen MR) is 84.0 cm³/mol. The van der Waals surface area contributed by atoms with Crippen molar-refractivity contribution in [2.75, 3.05) is 6.61 Å². The van der Waals surface area contributed by atoms with Crippen LogP contribution < -0.4 is 4.74 Å². The van der Waals surface area contributed by atoms with E-state index in [9.17, 15) is 0 Å². The zero-order valence-corrected chi connectivity index (χ0v) is 13.7. The number of rotatable bonds is 7. The molecule has 112 valence electrons. The third-order valence-electron chi connectivity index (χ3n) is 3.86. The maximum atomic E-state index is 6.27. The second kappa shape index (κ2) is 6.82. The Labute approximate surface area is 127 Å². The summed E-state index contributed by atoms with van der Waals surface area (Å²) in [6.07, 6.45) is 4.02. The maximum Gasteiger partial charge on any atom is 0.126 e. The van der Waals surface area contributed by atoms with Gasteiger partial charge in [-0.3, -0.25) is 0 Å². The van der Waals surface area contributed by atoms with Crippen LogP contribution in [0.1, 0.15) is 57.6 Å². The molecule has 0 aliphatic carbocycles. The molecule has 0 amide bonds. The Kier molecular flexibility index (Phi) is 5.34. The first-order valence-electron chi connectivity index (χ1n) is 7.67. The van der Waals surface area contributed by atoms with Crippen LogP contribution in [0.25, 0.3) is 0 Å². The van der Waals surface area contributed by atoms with Gasteiger partial charge in [0.15, 0.2) is 0 Å². The number of hydrogen-bond donors (Lipinski definition) is 0. The fourth-order valence-electron chi connectivity index (χ4n) is 2.70. The topological polar surface area (TPSA) is 21.8 Å². The normalized spacial score (nSPS) is 21.3. The first-order valence-corrected chi connectivity index (χ1v) is 8.05. The number of epoxide rings is 1. The number of halogens is 1. The third kappa shape index (κ3) is 3.67. The molecule has 0 saturated carbocycles. The van der Waals surface area contributed by atoms with E-state index in [0.29, 0.717) is 24.7 Å². The molecule has 1 heterocycles. The highest BCUT2D eigenvalue weighted by Gasteiger charge is 2.36. The molecule has 2 unspecified atom stereocenters. The van der Waals surface area contributed by atoms with Gasteiger partial charge in [-0.25, -0.2) is 0 Å². The van der Waals surface area contributed by atoms with E-state index in [2.05, 4.69) is 20.8 Å². The molecule has 0 aromatic heterocycles. The van der Waals surface area contributed by atoms with Gasteiger partial charge in [0.2, 0.25) is 0 Å². The largest absolute Gasteiger partial charge is 0.493 e. The molecule has 0 N–H and O–H groups in total. The first-order chi connectivity index (χ1) is 9.56. The van der Waals surface area contributed by atoms with Crippen LogP contribution in [-0.2, 0) is 11.2 Å². The van der Waals surface area contributed by atoms with Crippen LogP contribution in [-0.4, -0.2) is 18.8 Å². The van der Waals surface area contributed by atoms with Crippen molar-refractivity contribution in [3.05, 3.63) is 28.3 Å². The van der Waals surface area contributed by atoms with E-state index in [-0.39, 0.29) is 0 Å². The predicted octanol–water partition coefficient (Wildman–Crippen LogP) is 4.97. The molecule has 0 radical (unpaired) electrons. The average Bonchev–Trinajstić information content (AvgIpc) is 3.17. The van der Waals surface area contributed by atoms with Crippen molar-refractivity contribution in [2.45, 2.75) is 65.1 Å². The first kappa shape index (κ1) is 15.7. The van der Waals surface area contributed by atoms with Crippen molar-refractivity contribution in [1.82, 2.24) is 0 Å². The second-order valence-electron chi connectivity index (χ2n) is 5.73. The van der Waals surface area contributed by atoms with Gasteiger partial charge in [-0.05, 0) is 55.4 Å². The average molecular weight is 297 g/mol. The molecule has 20 heavy (non-hydrogen) atoms. The molecular formula is C17H25ClO2. The van der Waals surface area contributed by atoms with Crippen LogP contribution in [0, 0.1) is 0 Å². The van der Waals surface area contributed by atoms with Gasteiger partial charge in [-0.15, -0.1) is 0 Å². The van der Waals surface area contributed by atoms with Crippen LogP contribution in [0.15, 0.2) is 12.1 Å². The van der Waals surface area contributed by atoms with Crippen molar-refractivity contribution in [3.63, 3.8) is 0 Å². The van der Waals surface area contributed by atoms with Crippen LogP contribution >= 0.6 is 11.6 Å². The zero-order valence-electron chi connectivity index (χ0n) is 12.9. The summed E-state index contributed by atoms with van der Waals surface area (Å²) in [6, 6.07) is 4.07. The number of hydrogen-bond acceptors (Lipinski definition) is 2. The van der Waals surface area contributed by atoms with E-state index in [4.69, 9.17) is 21.1 Å². The highest BCUT2D eigenvalue weighted by Crippen LogP contribution is 2.36. The summed E-state index contributed by atoms with van der Waals surface area (Å²) in [6.45, 7) is 9.24. The lowest BCUT2D eigenvalue weighted by Crippen LogP contribution is -2.04. The van der Waals surface area contributed by atoms with Gasteiger partial charge in [0.1, 0.15) is 5.75 Å². The summed E-state index contributed by atoms with van der Waals surface area (Å²) in [5, 5.41) is 0.802. The second-order valence-corrected chi connectivity index (χ2v) is 6.17. The molecule has 0 bridgehead atoms. The molecule has 2 rings (SSSR count). The summed E-state index contributed by atoms with van der Waals surface area (Å²) < 4.78 is 11.5. The highest BCUT2D eigenvalue weighted by molar-refractivity contribution is 6.30. The standard InChI is InChI=1S/C17H25ClO2/c1-5-15-16(20-15)8-7-12-9-13(18)10-14(11(3)4)17(12)19-6-2/h9-11,15-16H,5-8H2,1-4H3. The van der Waals surface area contributed by atoms with Gasteiger partial charge in [0, 0.05) is 5.02 Å². The smallest absolute Gasteiger partial charge is 0.126 e. The Morgan fingerprint density at radius 1 is 1.25 bits per heavy atom. The van der Waals surface area contributed by atoms with Crippen molar-refractivity contribution >= 4 is 11.6 Å². The Hall–Kier alpha value is -0.730. The van der Waals surface area contributed by atoms with Gasteiger partial charge < -0.3 is 9.47 Å². The number of ether oxygens (including phenoxy) is 2. The SMILES string of the molecule is CCOc1c(CCC2OC2CC)cc(Cl)cc1C(C)C. The molecule has 1 saturated heterocycles. The minimum absolute atomic E-state index is 0.412. The Bertz CT molecular complexity index is 457. The van der Waals surface area contributed by atoms with E-state index in [1.165, 1.54) is 11.1 Å². The monoisotopic (exact) mass is 296 g/mol. The molecule has 2 atom stereocenters. The van der Waals surface area contributed by atoms with E-state index in [1.54, 1.807) is 0 Å². The molecule has 1 aliphatic heterocycles. The minimum Gasteiger partial charge on any atom is -0.493 e. The van der Waals surface area contributed by atoms with Crippen molar-refractivity contribution < 1.29 is 9.47 Å². The summed E-state index contributed by atoms with van der Waals surface area (Å²) in [5.74, 6) is 1.44. The lowest BCUT2D eigenvalue weighted by atomic mass is 9.96. The number of aryl methyl sites for hydroxylation is 1. The van der Waals surface area contributed by atoms with Gasteiger partial charge >= 0.3 is 0 Å². The van der Waals surface area contributed by atoms with E-state index >= 15 is 0 Å². The van der Waals surface area contributed by atoms with Crippen LogP contribution in [0.3, 0.4) is 0 Å². The molecule has 3 heteroatoms. The van der Waals surface area contributed by atoms with Crippen LogP contribution in [0.4, 0.5) is 0 Å². The zero-order chi connectivity index (χ0) is 14.7. The molecule has 2 nitrogen and oxygen atoms in total. The summed E-state index contributed by atoms with van der Waals surface area (Å²) in [5.41, 5.74) is 2.42. The van der Waals surface area contributed by atoms with Gasteiger partial charge in [0.05, 0.1) is 18.8 Å².